The zero-order valence-electron chi connectivity index (χ0n) is 7.29. The molecule has 0 aromatic carbocycles. The molecule has 0 rings (SSSR count). The number of carbonyl (C=O) groups excluding carboxylic acids is 2. The van der Waals surface area contributed by atoms with E-state index < -0.39 is 11.9 Å². The van der Waals surface area contributed by atoms with E-state index in [1.54, 1.807) is 0 Å². The van der Waals surface area contributed by atoms with Gasteiger partial charge in [0.1, 0.15) is 6.61 Å². The number of carbonyl (C=O) groups is 2. The van der Waals surface area contributed by atoms with E-state index in [9.17, 15) is 9.59 Å². The fraction of sp³-hybridized carbons (Fsp3) is 0.375. The van der Waals surface area contributed by atoms with Gasteiger partial charge in [-0.15, -0.1) is 0 Å². The van der Waals surface area contributed by atoms with Gasteiger partial charge in [-0.1, -0.05) is 6.58 Å². The van der Waals surface area contributed by atoms with Crippen molar-refractivity contribution >= 4 is 11.9 Å². The molecule has 0 aliphatic rings. The average molecular weight is 182 g/mol. The predicted molar refractivity (Wildman–Crippen MR) is 44.4 cm³/mol. The van der Waals surface area contributed by atoms with Crippen LogP contribution in [-0.4, -0.2) is 25.0 Å². The molecular formula is C8H10N2O3. The van der Waals surface area contributed by atoms with Gasteiger partial charge in [0.05, 0.1) is 6.54 Å². The second-order valence-electron chi connectivity index (χ2n) is 2.28. The number of esters is 1. The number of rotatable bonds is 4. The summed E-state index contributed by atoms with van der Waals surface area (Å²) in [7, 11) is 0. The standard InChI is InChI=1S/C8H10N2O3/c1-6(2)8(12)13-4-3-10-7(11)5-9/h1,3-4H2,2H3,(H,10,11). The molecule has 0 radical (unpaired) electrons. The van der Waals surface area contributed by atoms with Crippen LogP contribution in [0.25, 0.3) is 0 Å². The third-order valence-electron chi connectivity index (χ3n) is 1.07. The Bertz CT molecular complexity index is 265. The number of hydrogen-bond donors (Lipinski definition) is 1. The van der Waals surface area contributed by atoms with Gasteiger partial charge in [-0.05, 0) is 6.92 Å². The lowest BCUT2D eigenvalue weighted by molar-refractivity contribution is -0.139. The summed E-state index contributed by atoms with van der Waals surface area (Å²) in [5, 5.41) is 10.3. The average Bonchev–Trinajstić information content (AvgIpc) is 2.11. The summed E-state index contributed by atoms with van der Waals surface area (Å²) in [6.07, 6.45) is 0. The van der Waals surface area contributed by atoms with Crippen molar-refractivity contribution in [3.8, 4) is 6.07 Å². The fourth-order valence-electron chi connectivity index (χ4n) is 0.471. The summed E-state index contributed by atoms with van der Waals surface area (Å²) in [5.41, 5.74) is 0.298. The van der Waals surface area contributed by atoms with E-state index in [2.05, 4.69) is 16.6 Å². The van der Waals surface area contributed by atoms with Crippen molar-refractivity contribution < 1.29 is 14.3 Å². The molecule has 0 heterocycles. The van der Waals surface area contributed by atoms with Crippen LogP contribution in [0.15, 0.2) is 12.2 Å². The van der Waals surface area contributed by atoms with Gasteiger partial charge in [0.15, 0.2) is 6.07 Å². The number of nitrogens with zero attached hydrogens (tertiary/aromatic N) is 1. The molecule has 0 unspecified atom stereocenters. The second-order valence-corrected chi connectivity index (χ2v) is 2.28. The van der Waals surface area contributed by atoms with E-state index >= 15 is 0 Å². The first-order valence-corrected chi connectivity index (χ1v) is 3.58. The molecule has 0 aliphatic heterocycles. The number of nitriles is 1. The topological polar surface area (TPSA) is 79.2 Å². The van der Waals surface area contributed by atoms with Crippen LogP contribution < -0.4 is 5.32 Å². The normalized spacial score (nSPS) is 8.31. The summed E-state index contributed by atoms with van der Waals surface area (Å²) in [4.78, 5) is 21.1. The maximum atomic E-state index is 10.8. The molecule has 5 nitrogen and oxygen atoms in total. The smallest absolute Gasteiger partial charge is 0.333 e. The minimum Gasteiger partial charge on any atom is -0.460 e. The van der Waals surface area contributed by atoms with Crippen molar-refractivity contribution in [1.82, 2.24) is 5.32 Å². The molecule has 0 fully saturated rings. The van der Waals surface area contributed by atoms with Crippen LogP contribution in [0, 0.1) is 11.3 Å². The van der Waals surface area contributed by atoms with Gasteiger partial charge in [-0.25, -0.2) is 4.79 Å². The minimum atomic E-state index is -0.744. The van der Waals surface area contributed by atoms with Crippen LogP contribution in [0.5, 0.6) is 0 Å². The Morgan fingerprint density at radius 3 is 2.69 bits per heavy atom. The monoisotopic (exact) mass is 182 g/mol. The fourth-order valence-corrected chi connectivity index (χ4v) is 0.471. The van der Waals surface area contributed by atoms with Crippen molar-refractivity contribution in [1.29, 1.82) is 5.26 Å². The van der Waals surface area contributed by atoms with Crippen molar-refractivity contribution in [2.75, 3.05) is 13.2 Å². The van der Waals surface area contributed by atoms with Gasteiger partial charge in [-0.2, -0.15) is 5.26 Å². The van der Waals surface area contributed by atoms with Crippen LogP contribution >= 0.6 is 0 Å². The zero-order valence-corrected chi connectivity index (χ0v) is 7.29. The molecule has 0 aromatic rings. The van der Waals surface area contributed by atoms with Gasteiger partial charge in [0, 0.05) is 5.57 Å². The van der Waals surface area contributed by atoms with Crippen LogP contribution in [0.4, 0.5) is 0 Å². The van der Waals surface area contributed by atoms with Crippen LogP contribution in [0.1, 0.15) is 6.92 Å². The van der Waals surface area contributed by atoms with Gasteiger partial charge in [0.25, 0.3) is 0 Å². The Hall–Kier alpha value is -1.83. The van der Waals surface area contributed by atoms with E-state index in [1.165, 1.54) is 13.0 Å². The summed E-state index contributed by atoms with van der Waals surface area (Å²) < 4.78 is 4.64. The number of hydrogen-bond acceptors (Lipinski definition) is 4. The number of ether oxygens (including phenoxy) is 1. The zero-order chi connectivity index (χ0) is 10.3. The third kappa shape index (κ3) is 5.44. The Labute approximate surface area is 76.0 Å². The Kier molecular flexibility index (Phi) is 4.96. The van der Waals surface area contributed by atoms with E-state index in [1.807, 2.05) is 0 Å². The van der Waals surface area contributed by atoms with Crippen molar-refractivity contribution in [2.45, 2.75) is 6.92 Å². The first kappa shape index (κ1) is 11.2. The quantitative estimate of drug-likeness (QED) is 0.281. The largest absolute Gasteiger partial charge is 0.460 e. The lowest BCUT2D eigenvalue weighted by Gasteiger charge is -2.03. The molecule has 0 spiro atoms. The van der Waals surface area contributed by atoms with Crippen LogP contribution in [0.3, 0.4) is 0 Å². The first-order valence-electron chi connectivity index (χ1n) is 3.58. The van der Waals surface area contributed by atoms with Crippen molar-refractivity contribution in [3.05, 3.63) is 12.2 Å². The maximum Gasteiger partial charge on any atom is 0.333 e. The second kappa shape index (κ2) is 5.77. The van der Waals surface area contributed by atoms with Crippen molar-refractivity contribution in [2.24, 2.45) is 0 Å². The third-order valence-corrected chi connectivity index (χ3v) is 1.07. The summed E-state index contributed by atoms with van der Waals surface area (Å²) in [6, 6.07) is 1.37. The highest BCUT2D eigenvalue weighted by Gasteiger charge is 2.02. The SMILES string of the molecule is C=C(C)C(=O)OCCNC(=O)C#N. The summed E-state index contributed by atoms with van der Waals surface area (Å²) in [6.45, 7) is 5.07. The molecule has 13 heavy (non-hydrogen) atoms. The summed E-state index contributed by atoms with van der Waals surface area (Å²) in [5.74, 6) is -1.25. The van der Waals surface area contributed by atoms with E-state index in [0.717, 1.165) is 0 Å². The molecule has 1 N–H and O–H groups in total. The first-order chi connectivity index (χ1) is 6.07. The van der Waals surface area contributed by atoms with Crippen LogP contribution in [0.2, 0.25) is 0 Å². The number of amides is 1. The van der Waals surface area contributed by atoms with Gasteiger partial charge < -0.3 is 10.1 Å². The van der Waals surface area contributed by atoms with Crippen molar-refractivity contribution in [3.63, 3.8) is 0 Å². The highest BCUT2D eigenvalue weighted by molar-refractivity contribution is 5.91. The summed E-state index contributed by atoms with van der Waals surface area (Å²) >= 11 is 0. The molecule has 0 aliphatic carbocycles. The highest BCUT2D eigenvalue weighted by atomic mass is 16.5. The molecule has 0 aromatic heterocycles. The molecule has 5 heteroatoms. The lowest BCUT2D eigenvalue weighted by atomic mass is 10.4. The molecule has 0 bridgehead atoms. The van der Waals surface area contributed by atoms with E-state index in [0.29, 0.717) is 5.57 Å². The molecule has 1 amide bonds. The predicted octanol–water partition coefficient (Wildman–Crippen LogP) is -0.255. The van der Waals surface area contributed by atoms with Gasteiger partial charge in [0.2, 0.25) is 0 Å². The molecule has 0 atom stereocenters. The molecular weight excluding hydrogens is 172 g/mol. The van der Waals surface area contributed by atoms with E-state index in [-0.39, 0.29) is 13.2 Å². The molecule has 0 saturated heterocycles. The lowest BCUT2D eigenvalue weighted by Crippen LogP contribution is -2.26. The molecule has 70 valence electrons. The maximum absolute atomic E-state index is 10.8. The Morgan fingerprint density at radius 2 is 2.23 bits per heavy atom. The Morgan fingerprint density at radius 1 is 1.62 bits per heavy atom. The van der Waals surface area contributed by atoms with E-state index in [4.69, 9.17) is 5.26 Å². The minimum absolute atomic E-state index is 0.0408. The van der Waals surface area contributed by atoms with Gasteiger partial charge >= 0.3 is 11.9 Å². The number of nitrogens with one attached hydrogen (secondary N) is 1. The molecule has 0 saturated carbocycles. The Balaban J connectivity index is 3.48. The van der Waals surface area contributed by atoms with Gasteiger partial charge in [-0.3, -0.25) is 4.79 Å². The van der Waals surface area contributed by atoms with Crippen LogP contribution in [-0.2, 0) is 14.3 Å². The highest BCUT2D eigenvalue weighted by Crippen LogP contribution is 1.90.